The third-order valence-corrected chi connectivity index (χ3v) is 4.51. The quantitative estimate of drug-likeness (QED) is 0.626. The molecular weight excluding hydrogens is 363 g/mol. The summed E-state index contributed by atoms with van der Waals surface area (Å²) >= 11 is 0. The number of aliphatic hydroxyl groups is 1. The molecule has 0 aliphatic carbocycles. The third kappa shape index (κ3) is 3.41. The summed E-state index contributed by atoms with van der Waals surface area (Å²) in [4.78, 5) is 14.5. The van der Waals surface area contributed by atoms with E-state index in [9.17, 15) is 9.50 Å². The number of rotatable bonds is 5. The SMILES string of the molecule is C[C@@H](Nc1ccn2ncc(C3=NC(C)(C)ON3)c2n1)c1cc(F)ccc1CO. The second-order valence-corrected chi connectivity index (χ2v) is 7.12. The molecule has 1 atom stereocenters. The molecule has 3 N–H and O–H groups in total. The summed E-state index contributed by atoms with van der Waals surface area (Å²) in [5, 5.41) is 17.1. The van der Waals surface area contributed by atoms with Gasteiger partial charge in [-0.25, -0.2) is 29.2 Å². The van der Waals surface area contributed by atoms with E-state index in [1.54, 1.807) is 29.0 Å². The van der Waals surface area contributed by atoms with Gasteiger partial charge < -0.3 is 10.4 Å². The first-order chi connectivity index (χ1) is 13.4. The molecule has 3 heterocycles. The van der Waals surface area contributed by atoms with Crippen molar-refractivity contribution < 1.29 is 14.3 Å². The van der Waals surface area contributed by atoms with E-state index in [0.717, 1.165) is 0 Å². The molecule has 4 rings (SSSR count). The zero-order valence-corrected chi connectivity index (χ0v) is 15.8. The highest BCUT2D eigenvalue weighted by Crippen LogP contribution is 2.24. The predicted molar refractivity (Wildman–Crippen MR) is 102 cm³/mol. The van der Waals surface area contributed by atoms with Crippen molar-refractivity contribution in [1.29, 1.82) is 0 Å². The molecule has 1 aromatic carbocycles. The summed E-state index contributed by atoms with van der Waals surface area (Å²) in [7, 11) is 0. The lowest BCUT2D eigenvalue weighted by Gasteiger charge is -2.18. The molecule has 0 saturated heterocycles. The van der Waals surface area contributed by atoms with Crippen LogP contribution in [0.4, 0.5) is 10.2 Å². The summed E-state index contributed by atoms with van der Waals surface area (Å²) < 4.78 is 15.3. The molecule has 0 amide bonds. The van der Waals surface area contributed by atoms with Gasteiger partial charge in [0.25, 0.3) is 0 Å². The molecule has 1 aliphatic heterocycles. The highest BCUT2D eigenvalue weighted by atomic mass is 19.1. The average molecular weight is 384 g/mol. The Morgan fingerprint density at radius 1 is 1.36 bits per heavy atom. The Labute approximate surface area is 161 Å². The monoisotopic (exact) mass is 384 g/mol. The number of aliphatic imine (C=N–C) groups is 1. The highest BCUT2D eigenvalue weighted by Gasteiger charge is 2.28. The summed E-state index contributed by atoms with van der Waals surface area (Å²) in [5.74, 6) is 0.800. The van der Waals surface area contributed by atoms with E-state index in [4.69, 9.17) is 4.84 Å². The van der Waals surface area contributed by atoms with Crippen LogP contribution in [0.3, 0.4) is 0 Å². The number of hydroxylamine groups is 1. The number of aliphatic hydroxyl groups excluding tert-OH is 1. The van der Waals surface area contributed by atoms with E-state index in [0.29, 0.717) is 34.0 Å². The molecule has 0 fully saturated rings. The van der Waals surface area contributed by atoms with Crippen LogP contribution in [0.2, 0.25) is 0 Å². The number of halogens is 1. The topological polar surface area (TPSA) is 96.1 Å². The van der Waals surface area contributed by atoms with Crippen molar-refractivity contribution in [2.24, 2.45) is 4.99 Å². The molecule has 0 saturated carbocycles. The molecule has 9 heteroatoms. The third-order valence-electron chi connectivity index (χ3n) is 4.51. The van der Waals surface area contributed by atoms with Crippen LogP contribution in [0, 0.1) is 5.82 Å². The fourth-order valence-corrected chi connectivity index (χ4v) is 3.13. The minimum atomic E-state index is -0.661. The molecule has 28 heavy (non-hydrogen) atoms. The molecule has 146 valence electrons. The van der Waals surface area contributed by atoms with E-state index >= 15 is 0 Å². The lowest BCUT2D eigenvalue weighted by molar-refractivity contribution is -0.0269. The molecular formula is C19H21FN6O2. The Hall–Kier alpha value is -3.04. The minimum Gasteiger partial charge on any atom is -0.392 e. The van der Waals surface area contributed by atoms with Crippen LogP contribution in [-0.2, 0) is 11.4 Å². The first-order valence-electron chi connectivity index (χ1n) is 8.90. The van der Waals surface area contributed by atoms with Gasteiger partial charge in [-0.1, -0.05) is 6.07 Å². The number of hydrogen-bond donors (Lipinski definition) is 3. The Morgan fingerprint density at radius 2 is 2.18 bits per heavy atom. The van der Waals surface area contributed by atoms with Gasteiger partial charge in [-0.2, -0.15) is 5.10 Å². The van der Waals surface area contributed by atoms with E-state index in [2.05, 4.69) is 25.9 Å². The number of nitrogens with one attached hydrogen (secondary N) is 2. The Balaban J connectivity index is 1.65. The zero-order chi connectivity index (χ0) is 19.9. The molecule has 0 spiro atoms. The molecule has 8 nitrogen and oxygen atoms in total. The lowest BCUT2D eigenvalue weighted by atomic mass is 10.0. The number of anilines is 1. The normalized spacial score (nSPS) is 16.7. The van der Waals surface area contributed by atoms with Gasteiger partial charge in [-0.15, -0.1) is 0 Å². The number of aromatic nitrogens is 3. The smallest absolute Gasteiger partial charge is 0.182 e. The second kappa shape index (κ2) is 6.84. The van der Waals surface area contributed by atoms with Crippen molar-refractivity contribution >= 4 is 17.3 Å². The Bertz CT molecular complexity index is 1060. The molecule has 2 aromatic heterocycles. The first-order valence-corrected chi connectivity index (χ1v) is 8.90. The van der Waals surface area contributed by atoms with Crippen LogP contribution < -0.4 is 10.8 Å². The van der Waals surface area contributed by atoms with Crippen LogP contribution in [-0.4, -0.2) is 31.3 Å². The molecule has 1 aliphatic rings. The summed E-state index contributed by atoms with van der Waals surface area (Å²) in [5.41, 5.74) is 4.81. The summed E-state index contributed by atoms with van der Waals surface area (Å²) in [6, 6.07) is 5.86. The van der Waals surface area contributed by atoms with E-state index < -0.39 is 5.72 Å². The maximum atomic E-state index is 13.7. The number of amidine groups is 1. The van der Waals surface area contributed by atoms with Crippen molar-refractivity contribution in [2.75, 3.05) is 5.32 Å². The van der Waals surface area contributed by atoms with Crippen molar-refractivity contribution in [1.82, 2.24) is 20.1 Å². The first kappa shape index (κ1) is 18.3. The van der Waals surface area contributed by atoms with Crippen LogP contribution in [0.15, 0.2) is 41.7 Å². The van der Waals surface area contributed by atoms with Crippen molar-refractivity contribution in [3.8, 4) is 0 Å². The van der Waals surface area contributed by atoms with Gasteiger partial charge in [0.15, 0.2) is 17.2 Å². The number of benzene rings is 1. The molecule has 3 aromatic rings. The van der Waals surface area contributed by atoms with Gasteiger partial charge in [0.05, 0.1) is 24.4 Å². The lowest BCUT2D eigenvalue weighted by Crippen LogP contribution is -2.23. The largest absolute Gasteiger partial charge is 0.392 e. The van der Waals surface area contributed by atoms with Gasteiger partial charge in [-0.05, 0) is 50.1 Å². The van der Waals surface area contributed by atoms with Crippen LogP contribution >= 0.6 is 0 Å². The summed E-state index contributed by atoms with van der Waals surface area (Å²) in [6.07, 6.45) is 3.45. The Morgan fingerprint density at radius 3 is 2.89 bits per heavy atom. The van der Waals surface area contributed by atoms with Gasteiger partial charge >= 0.3 is 0 Å². The van der Waals surface area contributed by atoms with Crippen molar-refractivity contribution in [3.05, 3.63) is 59.2 Å². The minimum absolute atomic E-state index is 0.165. The van der Waals surface area contributed by atoms with Crippen molar-refractivity contribution in [2.45, 2.75) is 39.1 Å². The number of fused-ring (bicyclic) bond motifs is 1. The van der Waals surface area contributed by atoms with Gasteiger partial charge in [0.2, 0.25) is 0 Å². The maximum absolute atomic E-state index is 13.7. The fraction of sp³-hybridized carbons (Fsp3) is 0.316. The standard InChI is InChI=1S/C19H21FN6O2/c1-11(14-8-13(20)5-4-12(14)10-27)22-16-6-7-26-18(23-16)15(9-21-26)17-24-19(2,3)28-25-17/h4-9,11,27H,10H2,1-3H3,(H,22,23)(H,24,25)/t11-/m1/s1. The van der Waals surface area contributed by atoms with Gasteiger partial charge in [0.1, 0.15) is 11.6 Å². The number of hydrogen-bond acceptors (Lipinski definition) is 7. The molecule has 0 bridgehead atoms. The van der Waals surface area contributed by atoms with E-state index in [-0.39, 0.29) is 18.5 Å². The van der Waals surface area contributed by atoms with Crippen LogP contribution in [0.25, 0.3) is 5.65 Å². The highest BCUT2D eigenvalue weighted by molar-refractivity contribution is 6.03. The molecule has 0 unspecified atom stereocenters. The second-order valence-electron chi connectivity index (χ2n) is 7.12. The van der Waals surface area contributed by atoms with Gasteiger partial charge in [-0.3, -0.25) is 0 Å². The maximum Gasteiger partial charge on any atom is 0.182 e. The summed E-state index contributed by atoms with van der Waals surface area (Å²) in [6.45, 7) is 5.41. The molecule has 0 radical (unpaired) electrons. The van der Waals surface area contributed by atoms with Gasteiger partial charge in [0, 0.05) is 6.20 Å². The van der Waals surface area contributed by atoms with Crippen molar-refractivity contribution in [3.63, 3.8) is 0 Å². The number of nitrogens with zero attached hydrogens (tertiary/aromatic N) is 4. The van der Waals surface area contributed by atoms with Crippen LogP contribution in [0.5, 0.6) is 0 Å². The van der Waals surface area contributed by atoms with E-state index in [1.807, 2.05) is 20.8 Å². The average Bonchev–Trinajstić information content (AvgIpc) is 3.24. The van der Waals surface area contributed by atoms with Crippen LogP contribution in [0.1, 0.15) is 43.5 Å². The zero-order valence-electron chi connectivity index (χ0n) is 15.8. The fourth-order valence-electron chi connectivity index (χ4n) is 3.13. The predicted octanol–water partition coefficient (Wildman–Crippen LogP) is 2.55. The Kier molecular flexibility index (Phi) is 4.48. The van der Waals surface area contributed by atoms with E-state index in [1.165, 1.54) is 12.1 Å².